The van der Waals surface area contributed by atoms with Gasteiger partial charge < -0.3 is 24.3 Å². The van der Waals surface area contributed by atoms with E-state index in [2.05, 4.69) is 36.5 Å². The van der Waals surface area contributed by atoms with Gasteiger partial charge in [-0.25, -0.2) is 4.79 Å². The Morgan fingerprint density at radius 2 is 1.79 bits per heavy atom. The lowest BCUT2D eigenvalue weighted by atomic mass is 9.97. The fourth-order valence-corrected chi connectivity index (χ4v) is 4.92. The SMILES string of the molecule is Cc1ccc(S[C@H]2OC3COC(c4ccccc4)OC3[C@@H]3OC(=O)N[C@H]23)cc1. The van der Waals surface area contributed by atoms with Crippen molar-refractivity contribution < 1.29 is 23.7 Å². The molecule has 0 aliphatic carbocycles. The molecule has 6 nitrogen and oxygen atoms in total. The van der Waals surface area contributed by atoms with Crippen LogP contribution in [0.4, 0.5) is 4.79 Å². The van der Waals surface area contributed by atoms with Gasteiger partial charge in [-0.1, -0.05) is 59.8 Å². The van der Waals surface area contributed by atoms with Crippen LogP contribution in [0, 0.1) is 6.92 Å². The average molecular weight is 399 g/mol. The Balaban J connectivity index is 1.36. The molecule has 7 heteroatoms. The van der Waals surface area contributed by atoms with Gasteiger partial charge in [0.05, 0.1) is 6.61 Å². The van der Waals surface area contributed by atoms with Crippen molar-refractivity contribution >= 4 is 17.9 Å². The maximum absolute atomic E-state index is 12.0. The molecular weight excluding hydrogens is 378 g/mol. The van der Waals surface area contributed by atoms with Crippen LogP contribution in [0.3, 0.4) is 0 Å². The third-order valence-electron chi connectivity index (χ3n) is 5.21. The van der Waals surface area contributed by atoms with E-state index in [1.54, 1.807) is 11.8 Å². The van der Waals surface area contributed by atoms with E-state index in [1.165, 1.54) is 5.56 Å². The van der Waals surface area contributed by atoms with E-state index in [0.717, 1.165) is 10.5 Å². The molecular formula is C21H21NO5S. The number of rotatable bonds is 3. The summed E-state index contributed by atoms with van der Waals surface area (Å²) >= 11 is 1.58. The van der Waals surface area contributed by atoms with Crippen LogP contribution in [0.5, 0.6) is 0 Å². The van der Waals surface area contributed by atoms with Gasteiger partial charge in [-0.15, -0.1) is 0 Å². The third-order valence-corrected chi connectivity index (χ3v) is 6.39. The van der Waals surface area contributed by atoms with Crippen molar-refractivity contribution in [2.45, 2.75) is 47.9 Å². The van der Waals surface area contributed by atoms with E-state index in [9.17, 15) is 4.79 Å². The topological polar surface area (TPSA) is 66.0 Å². The highest BCUT2D eigenvalue weighted by atomic mass is 32.2. The molecule has 28 heavy (non-hydrogen) atoms. The smallest absolute Gasteiger partial charge is 0.408 e. The predicted molar refractivity (Wildman–Crippen MR) is 103 cm³/mol. The number of hydrogen-bond acceptors (Lipinski definition) is 6. The number of carbonyl (C=O) groups excluding carboxylic acids is 1. The molecule has 3 heterocycles. The first-order valence-electron chi connectivity index (χ1n) is 9.35. The highest BCUT2D eigenvalue weighted by Gasteiger charge is 2.55. The van der Waals surface area contributed by atoms with Gasteiger partial charge in [-0.2, -0.15) is 0 Å². The molecule has 0 saturated carbocycles. The Morgan fingerprint density at radius 1 is 1.00 bits per heavy atom. The largest absolute Gasteiger partial charge is 0.441 e. The number of ether oxygens (including phenoxy) is 4. The van der Waals surface area contributed by atoms with Crippen molar-refractivity contribution in [2.75, 3.05) is 6.61 Å². The first-order valence-corrected chi connectivity index (χ1v) is 10.2. The molecule has 3 fully saturated rings. The van der Waals surface area contributed by atoms with E-state index in [4.69, 9.17) is 18.9 Å². The number of carbonyl (C=O) groups is 1. The Morgan fingerprint density at radius 3 is 2.57 bits per heavy atom. The minimum atomic E-state index is -0.493. The number of aryl methyl sites for hydroxylation is 1. The minimum Gasteiger partial charge on any atom is -0.441 e. The van der Waals surface area contributed by atoms with Gasteiger partial charge in [0, 0.05) is 10.5 Å². The molecule has 2 aromatic carbocycles. The van der Waals surface area contributed by atoms with Crippen LogP contribution >= 0.6 is 11.8 Å². The van der Waals surface area contributed by atoms with Crippen LogP contribution < -0.4 is 5.32 Å². The second-order valence-corrected chi connectivity index (χ2v) is 8.36. The van der Waals surface area contributed by atoms with E-state index in [1.807, 2.05) is 30.3 Å². The van der Waals surface area contributed by atoms with Gasteiger partial charge in [0.15, 0.2) is 12.4 Å². The molecule has 3 aliphatic rings. The summed E-state index contributed by atoms with van der Waals surface area (Å²) in [6.45, 7) is 2.44. The molecule has 6 atom stereocenters. The van der Waals surface area contributed by atoms with Gasteiger partial charge in [0.1, 0.15) is 23.7 Å². The second kappa shape index (κ2) is 7.40. The van der Waals surface area contributed by atoms with Crippen LogP contribution in [0.2, 0.25) is 0 Å². The van der Waals surface area contributed by atoms with E-state index in [-0.39, 0.29) is 23.7 Å². The van der Waals surface area contributed by atoms with Gasteiger partial charge in [0.25, 0.3) is 0 Å². The lowest BCUT2D eigenvalue weighted by Gasteiger charge is -2.45. The molecule has 5 rings (SSSR count). The Kier molecular flexibility index (Phi) is 4.76. The molecule has 1 amide bonds. The summed E-state index contributed by atoms with van der Waals surface area (Å²) < 4.78 is 24.0. The molecule has 3 aliphatic heterocycles. The number of amides is 1. The predicted octanol–water partition coefficient (Wildman–Crippen LogP) is 3.40. The van der Waals surface area contributed by atoms with Crippen molar-refractivity contribution in [3.8, 4) is 0 Å². The van der Waals surface area contributed by atoms with E-state index < -0.39 is 18.5 Å². The first kappa shape index (κ1) is 18.0. The van der Waals surface area contributed by atoms with E-state index in [0.29, 0.717) is 6.61 Å². The van der Waals surface area contributed by atoms with Crippen LogP contribution in [0.15, 0.2) is 59.5 Å². The zero-order chi connectivity index (χ0) is 19.1. The van der Waals surface area contributed by atoms with Crippen LogP contribution in [-0.4, -0.2) is 42.5 Å². The van der Waals surface area contributed by atoms with Crippen molar-refractivity contribution in [3.05, 3.63) is 65.7 Å². The van der Waals surface area contributed by atoms with Gasteiger partial charge >= 0.3 is 6.09 Å². The number of alkyl carbamates (subject to hydrolysis) is 1. The average Bonchev–Trinajstić information content (AvgIpc) is 3.12. The van der Waals surface area contributed by atoms with Crippen molar-refractivity contribution in [1.82, 2.24) is 5.32 Å². The monoisotopic (exact) mass is 399 g/mol. The number of benzene rings is 2. The standard InChI is InChI=1S/C21H21NO5S/c1-12-7-9-14(10-8-12)28-20-16-18(27-21(23)22-16)17-15(25-20)11-24-19(26-17)13-5-3-2-4-6-13/h2-10,15-20H,11H2,1H3,(H,22,23)/t15?,16-,17?,18+,19?,20+/m0/s1. The molecule has 2 aromatic rings. The molecule has 0 aromatic heterocycles. The molecule has 3 saturated heterocycles. The summed E-state index contributed by atoms with van der Waals surface area (Å²) in [5.41, 5.74) is 1.86. The summed E-state index contributed by atoms with van der Waals surface area (Å²) in [5.74, 6) is 0. The first-order chi connectivity index (χ1) is 13.7. The summed E-state index contributed by atoms with van der Waals surface area (Å²) in [5, 5.41) is 2.90. The Labute approximate surface area is 167 Å². The normalized spacial score (nSPS) is 34.1. The Hall–Kier alpha value is -2.06. The molecule has 1 N–H and O–H groups in total. The molecule has 146 valence electrons. The number of thioether (sulfide) groups is 1. The van der Waals surface area contributed by atoms with Crippen LogP contribution in [-0.2, 0) is 18.9 Å². The summed E-state index contributed by atoms with van der Waals surface area (Å²) in [6.07, 6.45) is -2.01. The van der Waals surface area contributed by atoms with Crippen molar-refractivity contribution in [1.29, 1.82) is 0 Å². The van der Waals surface area contributed by atoms with E-state index >= 15 is 0 Å². The maximum Gasteiger partial charge on any atom is 0.408 e. The minimum absolute atomic E-state index is 0.277. The number of nitrogens with one attached hydrogen (secondary N) is 1. The Bertz CT molecular complexity index is 846. The lowest BCUT2D eigenvalue weighted by molar-refractivity contribution is -0.300. The van der Waals surface area contributed by atoms with Crippen LogP contribution in [0.25, 0.3) is 0 Å². The highest BCUT2D eigenvalue weighted by Crippen LogP contribution is 2.41. The third kappa shape index (κ3) is 3.39. The summed E-state index contributed by atoms with van der Waals surface area (Å²) in [4.78, 5) is 13.1. The quantitative estimate of drug-likeness (QED) is 0.853. The zero-order valence-electron chi connectivity index (χ0n) is 15.3. The molecule has 0 bridgehead atoms. The second-order valence-electron chi connectivity index (χ2n) is 7.19. The molecule has 0 radical (unpaired) electrons. The van der Waals surface area contributed by atoms with Gasteiger partial charge in [0.2, 0.25) is 0 Å². The van der Waals surface area contributed by atoms with Gasteiger partial charge in [-0.05, 0) is 19.1 Å². The number of fused-ring (bicyclic) bond motifs is 3. The maximum atomic E-state index is 12.0. The fourth-order valence-electron chi connectivity index (χ4n) is 3.79. The fraction of sp³-hybridized carbons (Fsp3) is 0.381. The lowest BCUT2D eigenvalue weighted by Crippen LogP contribution is -2.61. The van der Waals surface area contributed by atoms with Crippen molar-refractivity contribution in [3.63, 3.8) is 0 Å². The number of hydrogen-bond donors (Lipinski definition) is 1. The van der Waals surface area contributed by atoms with Crippen LogP contribution in [0.1, 0.15) is 17.4 Å². The van der Waals surface area contributed by atoms with Gasteiger partial charge in [-0.3, -0.25) is 0 Å². The highest BCUT2D eigenvalue weighted by molar-refractivity contribution is 7.99. The van der Waals surface area contributed by atoms with Crippen molar-refractivity contribution in [2.24, 2.45) is 0 Å². The molecule has 3 unspecified atom stereocenters. The zero-order valence-corrected chi connectivity index (χ0v) is 16.1. The summed E-state index contributed by atoms with van der Waals surface area (Å²) in [6, 6.07) is 17.7. The summed E-state index contributed by atoms with van der Waals surface area (Å²) in [7, 11) is 0. The molecule has 0 spiro atoms.